The monoisotopic (exact) mass is 392 g/mol. The van der Waals surface area contributed by atoms with Crippen molar-refractivity contribution in [3.63, 3.8) is 0 Å². The third-order valence-corrected chi connectivity index (χ3v) is 6.23. The maximum absolute atomic E-state index is 13.2. The number of amides is 1. The Hall–Kier alpha value is -2.70. The van der Waals surface area contributed by atoms with Crippen molar-refractivity contribution < 1.29 is 4.79 Å². The number of likely N-dealkylation sites (tertiary alicyclic amines) is 1. The number of rotatable bonds is 4. The first-order chi connectivity index (χ1) is 14.1. The molecule has 152 valence electrons. The van der Waals surface area contributed by atoms with Crippen molar-refractivity contribution in [2.75, 3.05) is 13.1 Å². The predicted octanol–water partition coefficient (Wildman–Crippen LogP) is 3.32. The summed E-state index contributed by atoms with van der Waals surface area (Å²) in [5, 5.41) is 7.49. The number of nitrogens with one attached hydrogen (secondary N) is 1. The van der Waals surface area contributed by atoms with Crippen molar-refractivity contribution in [1.82, 2.24) is 29.6 Å². The highest BCUT2D eigenvalue weighted by Gasteiger charge is 2.34. The summed E-state index contributed by atoms with van der Waals surface area (Å²) in [4.78, 5) is 24.4. The van der Waals surface area contributed by atoms with Gasteiger partial charge in [-0.2, -0.15) is 5.10 Å². The van der Waals surface area contributed by atoms with Crippen LogP contribution >= 0.6 is 0 Å². The van der Waals surface area contributed by atoms with Gasteiger partial charge in [0.2, 0.25) is 0 Å². The number of carbonyl (C=O) groups is 1. The number of fused-ring (bicyclic) bond motifs is 2. The molecule has 1 N–H and O–H groups in total. The van der Waals surface area contributed by atoms with E-state index in [-0.39, 0.29) is 11.8 Å². The van der Waals surface area contributed by atoms with Crippen LogP contribution in [-0.4, -0.2) is 48.6 Å². The van der Waals surface area contributed by atoms with Crippen molar-refractivity contribution in [2.24, 2.45) is 5.92 Å². The van der Waals surface area contributed by atoms with E-state index in [0.717, 1.165) is 66.9 Å². The van der Waals surface area contributed by atoms with Crippen molar-refractivity contribution in [1.29, 1.82) is 0 Å². The molecule has 7 heteroatoms. The molecule has 0 unspecified atom stereocenters. The molecule has 3 aromatic heterocycles. The Bertz CT molecular complexity index is 1050. The van der Waals surface area contributed by atoms with Crippen LogP contribution in [0.2, 0.25) is 0 Å². The van der Waals surface area contributed by atoms with Crippen LogP contribution in [0.5, 0.6) is 0 Å². The Balaban J connectivity index is 1.41. The topological polar surface area (TPSA) is 79.7 Å². The number of imidazole rings is 1. The molecule has 0 bridgehead atoms. The fourth-order valence-corrected chi connectivity index (χ4v) is 4.82. The molecule has 7 nitrogen and oxygen atoms in total. The Morgan fingerprint density at radius 1 is 1.31 bits per heavy atom. The van der Waals surface area contributed by atoms with Crippen molar-refractivity contribution in [3.05, 3.63) is 41.2 Å². The van der Waals surface area contributed by atoms with E-state index in [1.54, 1.807) is 6.20 Å². The average Bonchev–Trinajstić information content (AvgIpc) is 3.44. The molecular weight excluding hydrogens is 364 g/mol. The fourth-order valence-electron chi connectivity index (χ4n) is 4.82. The van der Waals surface area contributed by atoms with Gasteiger partial charge in [0, 0.05) is 43.0 Å². The summed E-state index contributed by atoms with van der Waals surface area (Å²) in [6, 6.07) is 1.98. The summed E-state index contributed by atoms with van der Waals surface area (Å²) in [7, 11) is 0. The van der Waals surface area contributed by atoms with E-state index in [1.807, 2.05) is 17.2 Å². The van der Waals surface area contributed by atoms with E-state index in [0.29, 0.717) is 18.2 Å². The molecule has 2 aliphatic rings. The molecule has 0 saturated carbocycles. The zero-order valence-corrected chi connectivity index (χ0v) is 17.2. The van der Waals surface area contributed by atoms with Gasteiger partial charge in [-0.3, -0.25) is 14.9 Å². The zero-order chi connectivity index (χ0) is 20.0. The number of aromatic amines is 1. The zero-order valence-electron chi connectivity index (χ0n) is 17.2. The lowest BCUT2D eigenvalue weighted by Crippen LogP contribution is -2.30. The van der Waals surface area contributed by atoms with Crippen molar-refractivity contribution >= 4 is 16.9 Å². The lowest BCUT2D eigenvalue weighted by molar-refractivity contribution is 0.0783. The van der Waals surface area contributed by atoms with E-state index in [1.165, 1.54) is 6.42 Å². The molecule has 1 aliphatic carbocycles. The second kappa shape index (κ2) is 7.28. The number of H-pyrrole nitrogens is 1. The minimum absolute atomic E-state index is 0.0695. The fraction of sp³-hybridized carbons (Fsp3) is 0.545. The molecule has 1 atom stereocenters. The third kappa shape index (κ3) is 3.22. The van der Waals surface area contributed by atoms with Crippen LogP contribution in [0.3, 0.4) is 0 Å². The molecule has 5 rings (SSSR count). The number of hydrogen-bond acceptors (Lipinski definition) is 4. The van der Waals surface area contributed by atoms with Gasteiger partial charge in [-0.25, -0.2) is 4.98 Å². The smallest absolute Gasteiger partial charge is 0.274 e. The molecule has 3 aromatic rings. The summed E-state index contributed by atoms with van der Waals surface area (Å²) >= 11 is 0. The van der Waals surface area contributed by atoms with Crippen LogP contribution in [0.4, 0.5) is 0 Å². The van der Waals surface area contributed by atoms with Gasteiger partial charge in [0.1, 0.15) is 5.82 Å². The molecule has 1 saturated heterocycles. The standard InChI is InChI=1S/C22H28N6O/c1-14(2)12-28-19-11-23-9-7-18(19)24-21(28)15-8-10-27(13-15)22(29)20-16-5-3-4-6-17(16)25-26-20/h7,9,11,14-15H,3-6,8,10,12-13H2,1-2H3,(H,25,26)/t15-/m0/s1. The van der Waals surface area contributed by atoms with Gasteiger partial charge in [-0.1, -0.05) is 13.8 Å². The van der Waals surface area contributed by atoms with Gasteiger partial charge < -0.3 is 9.47 Å². The first-order valence-corrected chi connectivity index (χ1v) is 10.8. The Morgan fingerprint density at radius 3 is 3.03 bits per heavy atom. The minimum Gasteiger partial charge on any atom is -0.336 e. The second-order valence-corrected chi connectivity index (χ2v) is 8.81. The summed E-state index contributed by atoms with van der Waals surface area (Å²) in [6.45, 7) is 6.81. The minimum atomic E-state index is 0.0695. The highest BCUT2D eigenvalue weighted by atomic mass is 16.2. The van der Waals surface area contributed by atoms with Crippen molar-refractivity contribution in [2.45, 2.75) is 58.4 Å². The number of carbonyl (C=O) groups excluding carboxylic acids is 1. The van der Waals surface area contributed by atoms with Gasteiger partial charge in [0.05, 0.1) is 17.2 Å². The van der Waals surface area contributed by atoms with Crippen LogP contribution in [0.15, 0.2) is 18.5 Å². The van der Waals surface area contributed by atoms with Gasteiger partial charge in [-0.05, 0) is 44.1 Å². The third-order valence-electron chi connectivity index (χ3n) is 6.23. The van der Waals surface area contributed by atoms with Crippen LogP contribution in [0.25, 0.3) is 11.0 Å². The van der Waals surface area contributed by atoms with E-state index in [4.69, 9.17) is 4.98 Å². The molecule has 0 spiro atoms. The molecular formula is C22H28N6O. The molecule has 4 heterocycles. The average molecular weight is 393 g/mol. The first kappa shape index (κ1) is 18.3. The van der Waals surface area contributed by atoms with Crippen LogP contribution in [0, 0.1) is 5.92 Å². The molecule has 0 radical (unpaired) electrons. The predicted molar refractivity (Wildman–Crippen MR) is 111 cm³/mol. The van der Waals surface area contributed by atoms with E-state index < -0.39 is 0 Å². The number of aryl methyl sites for hydroxylation is 1. The maximum atomic E-state index is 13.2. The van der Waals surface area contributed by atoms with Gasteiger partial charge in [-0.15, -0.1) is 0 Å². The molecule has 29 heavy (non-hydrogen) atoms. The van der Waals surface area contributed by atoms with Gasteiger partial charge >= 0.3 is 0 Å². The normalized spacial score (nSPS) is 19.3. The summed E-state index contributed by atoms with van der Waals surface area (Å²) in [6.07, 6.45) is 8.92. The summed E-state index contributed by atoms with van der Waals surface area (Å²) in [5.74, 6) is 1.92. The van der Waals surface area contributed by atoms with Gasteiger partial charge in [0.15, 0.2) is 5.69 Å². The Labute approximate surface area is 170 Å². The summed E-state index contributed by atoms with van der Waals surface area (Å²) < 4.78 is 2.31. The van der Waals surface area contributed by atoms with Crippen LogP contribution in [0.1, 0.15) is 66.6 Å². The van der Waals surface area contributed by atoms with Gasteiger partial charge in [0.25, 0.3) is 5.91 Å². The maximum Gasteiger partial charge on any atom is 0.274 e. The van der Waals surface area contributed by atoms with Crippen LogP contribution < -0.4 is 0 Å². The molecule has 0 aromatic carbocycles. The number of hydrogen-bond donors (Lipinski definition) is 1. The Morgan fingerprint density at radius 2 is 2.17 bits per heavy atom. The highest BCUT2D eigenvalue weighted by molar-refractivity contribution is 5.94. The van der Waals surface area contributed by atoms with E-state index in [9.17, 15) is 4.79 Å². The van der Waals surface area contributed by atoms with E-state index >= 15 is 0 Å². The summed E-state index contributed by atoms with van der Waals surface area (Å²) in [5.41, 5.74) is 5.01. The van der Waals surface area contributed by atoms with Crippen molar-refractivity contribution in [3.8, 4) is 0 Å². The van der Waals surface area contributed by atoms with Crippen LogP contribution in [-0.2, 0) is 19.4 Å². The first-order valence-electron chi connectivity index (χ1n) is 10.8. The second-order valence-electron chi connectivity index (χ2n) is 8.81. The number of aromatic nitrogens is 5. The number of pyridine rings is 1. The lowest BCUT2D eigenvalue weighted by Gasteiger charge is -2.18. The van der Waals surface area contributed by atoms with E-state index in [2.05, 4.69) is 33.6 Å². The SMILES string of the molecule is CC(C)Cn1c([C@H]2CCN(C(=O)c3n[nH]c4c3CCCC4)C2)nc2ccncc21. The Kier molecular flexibility index (Phi) is 4.60. The molecule has 1 aliphatic heterocycles. The quantitative estimate of drug-likeness (QED) is 0.739. The highest BCUT2D eigenvalue weighted by Crippen LogP contribution is 2.31. The molecule has 1 amide bonds. The largest absolute Gasteiger partial charge is 0.336 e. The number of nitrogens with zero attached hydrogens (tertiary/aromatic N) is 5. The lowest BCUT2D eigenvalue weighted by atomic mass is 9.95. The molecule has 1 fully saturated rings.